The average molecular weight is 556 g/mol. The molecule has 12 nitrogen and oxygen atoms in total. The van der Waals surface area contributed by atoms with Crippen molar-refractivity contribution in [2.45, 2.75) is 43.5 Å². The predicted octanol–water partition coefficient (Wildman–Crippen LogP) is 1.62. The van der Waals surface area contributed by atoms with E-state index in [0.717, 1.165) is 0 Å². The second-order valence-corrected chi connectivity index (χ2v) is 10.4. The number of benzene rings is 1. The number of likely N-dealkylation sites (tertiary alicyclic amines) is 1. The predicted molar refractivity (Wildman–Crippen MR) is 138 cm³/mol. The van der Waals surface area contributed by atoms with Crippen molar-refractivity contribution in [2.24, 2.45) is 0 Å². The van der Waals surface area contributed by atoms with Crippen LogP contribution in [0.5, 0.6) is 0 Å². The average Bonchev–Trinajstić information content (AvgIpc) is 3.63. The summed E-state index contributed by atoms with van der Waals surface area (Å²) in [6, 6.07) is 3.98. The number of halogens is 1. The van der Waals surface area contributed by atoms with Gasteiger partial charge >= 0.3 is 18.2 Å². The number of fused-ring (bicyclic) bond motifs is 1. The van der Waals surface area contributed by atoms with E-state index in [1.165, 1.54) is 33.9 Å². The highest BCUT2D eigenvalue weighted by atomic mass is 19.1. The van der Waals surface area contributed by atoms with Crippen LogP contribution in [0.25, 0.3) is 0 Å². The molecule has 0 aromatic heterocycles. The lowest BCUT2D eigenvalue weighted by Crippen LogP contribution is -2.47. The minimum Gasteiger partial charge on any atom is -0.465 e. The minimum absolute atomic E-state index is 0.0673. The number of ketones is 1. The quantitative estimate of drug-likeness (QED) is 0.483. The Hall–Kier alpha value is -4.42. The van der Waals surface area contributed by atoms with Crippen LogP contribution in [0.15, 0.2) is 47.6 Å². The number of carboxylic acid groups (broad SMARTS) is 1. The molecule has 1 spiro atoms. The number of hydrogen-bond acceptors (Lipinski definition) is 6. The van der Waals surface area contributed by atoms with Crippen LogP contribution in [0.2, 0.25) is 0 Å². The summed E-state index contributed by atoms with van der Waals surface area (Å²) in [6.45, 7) is 0.294. The van der Waals surface area contributed by atoms with Crippen LogP contribution in [0.1, 0.15) is 24.8 Å². The van der Waals surface area contributed by atoms with Crippen LogP contribution in [0.4, 0.5) is 18.8 Å². The summed E-state index contributed by atoms with van der Waals surface area (Å²) < 4.78 is 19.2. The van der Waals surface area contributed by atoms with E-state index >= 15 is 0 Å². The molecular formula is C27H30FN5O7. The molecule has 2 aliphatic heterocycles. The fraction of sp³-hybridized carbons (Fsp3) is 0.444. The van der Waals surface area contributed by atoms with E-state index in [9.17, 15) is 33.5 Å². The van der Waals surface area contributed by atoms with Crippen LogP contribution >= 0.6 is 0 Å². The minimum atomic E-state index is -1.08. The number of carbonyl (C=O) groups is 5. The zero-order valence-electron chi connectivity index (χ0n) is 21.9. The molecule has 2 saturated heterocycles. The molecule has 40 heavy (non-hydrogen) atoms. The Morgan fingerprint density at radius 3 is 2.65 bits per heavy atom. The van der Waals surface area contributed by atoms with Gasteiger partial charge in [0.2, 0.25) is 5.91 Å². The summed E-state index contributed by atoms with van der Waals surface area (Å²) in [5.74, 6) is -1.08. The van der Waals surface area contributed by atoms with Crippen molar-refractivity contribution in [2.75, 3.05) is 33.2 Å². The van der Waals surface area contributed by atoms with Crippen molar-refractivity contribution in [1.82, 2.24) is 25.3 Å². The van der Waals surface area contributed by atoms with Gasteiger partial charge in [0.25, 0.3) is 0 Å². The first-order chi connectivity index (χ1) is 19.1. The van der Waals surface area contributed by atoms with Crippen molar-refractivity contribution in [3.8, 4) is 0 Å². The van der Waals surface area contributed by atoms with Gasteiger partial charge in [-0.25, -0.2) is 18.8 Å². The highest BCUT2D eigenvalue weighted by Gasteiger charge is 2.53. The Labute approximate surface area is 229 Å². The lowest BCUT2D eigenvalue weighted by molar-refractivity contribution is -0.134. The van der Waals surface area contributed by atoms with Crippen molar-refractivity contribution in [3.63, 3.8) is 0 Å². The third kappa shape index (κ3) is 5.10. The SMILES string of the molecule is CNC(=O)NC1C=CC2=C(CC[C@]23CN(CC(=O)N(Cc2ccc(F)cc2)[C@@H]2CCN(C(=O)O)C2)C(=O)O3)C1=O. The fourth-order valence-electron chi connectivity index (χ4n) is 5.83. The molecule has 13 heteroatoms. The number of carbonyl (C=O) groups excluding carboxylic acids is 4. The molecule has 0 saturated carbocycles. The van der Waals surface area contributed by atoms with Gasteiger partial charge < -0.3 is 30.3 Å². The van der Waals surface area contributed by atoms with Crippen LogP contribution in [0.3, 0.4) is 0 Å². The van der Waals surface area contributed by atoms with Crippen LogP contribution in [0, 0.1) is 5.82 Å². The fourth-order valence-corrected chi connectivity index (χ4v) is 5.83. The largest absolute Gasteiger partial charge is 0.465 e. The maximum atomic E-state index is 13.6. The van der Waals surface area contributed by atoms with Gasteiger partial charge in [-0.3, -0.25) is 14.5 Å². The number of amides is 5. The Bertz CT molecular complexity index is 1310. The number of nitrogens with one attached hydrogen (secondary N) is 2. The molecule has 0 bridgehead atoms. The molecule has 0 radical (unpaired) electrons. The number of nitrogens with zero attached hydrogens (tertiary/aromatic N) is 3. The van der Waals surface area contributed by atoms with E-state index < -0.39 is 47.6 Å². The highest BCUT2D eigenvalue weighted by Crippen LogP contribution is 2.45. The van der Waals surface area contributed by atoms with Gasteiger partial charge in [-0.15, -0.1) is 0 Å². The van der Waals surface area contributed by atoms with Crippen LogP contribution in [-0.4, -0.2) is 101 Å². The first kappa shape index (κ1) is 27.2. The molecule has 2 aliphatic carbocycles. The Morgan fingerprint density at radius 1 is 1.23 bits per heavy atom. The van der Waals surface area contributed by atoms with Gasteiger partial charge in [0.1, 0.15) is 18.4 Å². The van der Waals surface area contributed by atoms with Crippen molar-refractivity contribution < 1.29 is 38.2 Å². The summed E-state index contributed by atoms with van der Waals surface area (Å²) in [5, 5.41) is 14.4. The summed E-state index contributed by atoms with van der Waals surface area (Å²) in [6.07, 6.45) is 2.66. The van der Waals surface area contributed by atoms with E-state index in [-0.39, 0.29) is 38.5 Å². The van der Waals surface area contributed by atoms with E-state index in [4.69, 9.17) is 4.74 Å². The van der Waals surface area contributed by atoms with E-state index in [1.807, 2.05) is 0 Å². The van der Waals surface area contributed by atoms with Crippen molar-refractivity contribution >= 4 is 29.9 Å². The van der Waals surface area contributed by atoms with Gasteiger partial charge in [-0.05, 0) is 37.0 Å². The first-order valence-corrected chi connectivity index (χ1v) is 13.0. The lowest BCUT2D eigenvalue weighted by atomic mass is 9.89. The number of Topliss-reactive ketones (excluding diaryl/α,β-unsaturated/α-hetero) is 1. The molecule has 2 fully saturated rings. The molecular weight excluding hydrogens is 525 g/mol. The molecule has 2 heterocycles. The monoisotopic (exact) mass is 555 g/mol. The Balaban J connectivity index is 1.31. The second kappa shape index (κ2) is 10.6. The zero-order chi connectivity index (χ0) is 28.6. The molecule has 3 N–H and O–H groups in total. The summed E-state index contributed by atoms with van der Waals surface area (Å²) in [5.41, 5.74) is 0.654. The van der Waals surface area contributed by atoms with Crippen LogP contribution in [-0.2, 0) is 20.9 Å². The molecule has 1 aromatic rings. The van der Waals surface area contributed by atoms with Crippen molar-refractivity contribution in [3.05, 3.63) is 58.9 Å². The molecule has 3 atom stereocenters. The van der Waals surface area contributed by atoms with Gasteiger partial charge in [0, 0.05) is 37.8 Å². The highest BCUT2D eigenvalue weighted by molar-refractivity contribution is 6.05. The smallest absolute Gasteiger partial charge is 0.411 e. The molecule has 1 unspecified atom stereocenters. The molecule has 5 amide bonds. The third-order valence-electron chi connectivity index (χ3n) is 7.92. The lowest BCUT2D eigenvalue weighted by Gasteiger charge is -2.31. The topological polar surface area (TPSA) is 149 Å². The third-order valence-corrected chi connectivity index (χ3v) is 7.92. The van der Waals surface area contributed by atoms with Crippen molar-refractivity contribution in [1.29, 1.82) is 0 Å². The maximum Gasteiger partial charge on any atom is 0.411 e. The number of ether oxygens (including phenoxy) is 1. The zero-order valence-corrected chi connectivity index (χ0v) is 21.9. The first-order valence-electron chi connectivity index (χ1n) is 13.0. The van der Waals surface area contributed by atoms with E-state index in [0.29, 0.717) is 36.0 Å². The summed E-state index contributed by atoms with van der Waals surface area (Å²) >= 11 is 0. The standard InChI is InChI=1S/C27H30FN5O7/c1-29-24(36)30-21-7-6-20-19(23(21)35)8-10-27(20)15-32(26(39)40-27)14-22(34)33(12-16-2-4-17(28)5-3-16)18-9-11-31(13-18)25(37)38/h2-7,18,21H,8-15H2,1H3,(H,37,38)(H2,29,30,36)/t18-,21?,27+/m1/s1. The van der Waals surface area contributed by atoms with Gasteiger partial charge in [0.05, 0.1) is 12.6 Å². The van der Waals surface area contributed by atoms with Gasteiger partial charge in [0.15, 0.2) is 11.4 Å². The second-order valence-electron chi connectivity index (χ2n) is 10.4. The molecule has 4 aliphatic rings. The van der Waals surface area contributed by atoms with Crippen LogP contribution < -0.4 is 10.6 Å². The number of urea groups is 1. The molecule has 1 aromatic carbocycles. The maximum absolute atomic E-state index is 13.6. The summed E-state index contributed by atoms with van der Waals surface area (Å²) in [7, 11) is 1.45. The molecule has 212 valence electrons. The Kier molecular flexibility index (Phi) is 7.21. The number of rotatable bonds is 6. The van der Waals surface area contributed by atoms with Gasteiger partial charge in [-0.2, -0.15) is 0 Å². The van der Waals surface area contributed by atoms with E-state index in [1.54, 1.807) is 24.3 Å². The van der Waals surface area contributed by atoms with Gasteiger partial charge in [-0.1, -0.05) is 24.3 Å². The van der Waals surface area contributed by atoms with E-state index in [2.05, 4.69) is 10.6 Å². The summed E-state index contributed by atoms with van der Waals surface area (Å²) in [4.78, 5) is 66.8. The normalized spacial score (nSPS) is 25.4. The number of hydrogen-bond donors (Lipinski definition) is 3. The Morgan fingerprint density at radius 2 is 1.98 bits per heavy atom. The molecule has 5 rings (SSSR count).